The Kier molecular flexibility index (Phi) is 7.65. The van der Waals surface area contributed by atoms with Gasteiger partial charge in [0.15, 0.2) is 5.96 Å². The highest BCUT2D eigenvalue weighted by molar-refractivity contribution is 6.31. The molecule has 0 radical (unpaired) electrons. The number of halogens is 1. The zero-order valence-corrected chi connectivity index (χ0v) is 14.7. The summed E-state index contributed by atoms with van der Waals surface area (Å²) in [7, 11) is 3.77. The Morgan fingerprint density at radius 2 is 2.30 bits per heavy atom. The second kappa shape index (κ2) is 9.75. The van der Waals surface area contributed by atoms with Crippen LogP contribution in [0.4, 0.5) is 0 Å². The van der Waals surface area contributed by atoms with Crippen LogP contribution in [0.3, 0.4) is 0 Å². The van der Waals surface area contributed by atoms with E-state index in [0.29, 0.717) is 26.3 Å². The van der Waals surface area contributed by atoms with Gasteiger partial charge in [0, 0.05) is 38.8 Å². The SMILES string of the molecule is CN=C(NCCOCC1CCCO1)N(C)Cc1ccccc1Cl. The zero-order valence-electron chi connectivity index (χ0n) is 13.9. The summed E-state index contributed by atoms with van der Waals surface area (Å²) in [4.78, 5) is 6.34. The van der Waals surface area contributed by atoms with Gasteiger partial charge in [-0.3, -0.25) is 4.99 Å². The van der Waals surface area contributed by atoms with E-state index in [-0.39, 0.29) is 6.10 Å². The van der Waals surface area contributed by atoms with Crippen molar-refractivity contribution in [1.82, 2.24) is 10.2 Å². The molecule has 0 spiro atoms. The minimum absolute atomic E-state index is 0.275. The third-order valence-electron chi connectivity index (χ3n) is 3.80. The number of nitrogens with one attached hydrogen (secondary N) is 1. The highest BCUT2D eigenvalue weighted by Gasteiger charge is 2.15. The lowest BCUT2D eigenvalue weighted by Gasteiger charge is -2.22. The van der Waals surface area contributed by atoms with Gasteiger partial charge in [-0.1, -0.05) is 29.8 Å². The van der Waals surface area contributed by atoms with E-state index >= 15 is 0 Å². The highest BCUT2D eigenvalue weighted by atomic mass is 35.5. The average Bonchev–Trinajstić information content (AvgIpc) is 3.06. The largest absolute Gasteiger partial charge is 0.377 e. The van der Waals surface area contributed by atoms with E-state index in [1.807, 2.05) is 36.2 Å². The second-order valence-corrected chi connectivity index (χ2v) is 6.04. The Balaban J connectivity index is 1.68. The van der Waals surface area contributed by atoms with E-state index in [0.717, 1.165) is 36.0 Å². The van der Waals surface area contributed by atoms with E-state index in [1.165, 1.54) is 0 Å². The number of hydrogen-bond acceptors (Lipinski definition) is 3. The first-order valence-electron chi connectivity index (χ1n) is 8.05. The third-order valence-corrected chi connectivity index (χ3v) is 4.16. The number of ether oxygens (including phenoxy) is 2. The van der Waals surface area contributed by atoms with Gasteiger partial charge in [-0.15, -0.1) is 0 Å². The lowest BCUT2D eigenvalue weighted by atomic mass is 10.2. The Hall–Kier alpha value is -1.30. The Bertz CT molecular complexity index is 504. The Morgan fingerprint density at radius 1 is 1.48 bits per heavy atom. The molecule has 23 heavy (non-hydrogen) atoms. The number of aliphatic imine (C=N–C) groups is 1. The summed E-state index contributed by atoms with van der Waals surface area (Å²) in [5.74, 6) is 0.825. The minimum atomic E-state index is 0.275. The van der Waals surface area contributed by atoms with Gasteiger partial charge in [-0.25, -0.2) is 0 Å². The van der Waals surface area contributed by atoms with Crippen molar-refractivity contribution in [3.63, 3.8) is 0 Å². The van der Waals surface area contributed by atoms with Crippen LogP contribution < -0.4 is 5.32 Å². The van der Waals surface area contributed by atoms with Crippen molar-refractivity contribution in [2.75, 3.05) is 40.5 Å². The number of guanidine groups is 1. The van der Waals surface area contributed by atoms with Crippen molar-refractivity contribution in [1.29, 1.82) is 0 Å². The molecule has 6 heteroatoms. The van der Waals surface area contributed by atoms with E-state index in [2.05, 4.69) is 10.3 Å². The molecule has 1 atom stereocenters. The summed E-state index contributed by atoms with van der Waals surface area (Å²) in [5.41, 5.74) is 1.08. The fourth-order valence-corrected chi connectivity index (χ4v) is 2.76. The molecular formula is C17H26ClN3O2. The van der Waals surface area contributed by atoms with Crippen LogP contribution in [0.15, 0.2) is 29.3 Å². The predicted octanol–water partition coefficient (Wildman–Crippen LogP) is 2.54. The van der Waals surface area contributed by atoms with Crippen molar-refractivity contribution in [2.24, 2.45) is 4.99 Å². The maximum absolute atomic E-state index is 6.21. The van der Waals surface area contributed by atoms with Gasteiger partial charge < -0.3 is 19.7 Å². The number of nitrogens with zero attached hydrogens (tertiary/aromatic N) is 2. The molecule has 1 saturated heterocycles. The summed E-state index contributed by atoms with van der Waals surface area (Å²) in [6.45, 7) is 3.60. The lowest BCUT2D eigenvalue weighted by Crippen LogP contribution is -2.40. The van der Waals surface area contributed by atoms with E-state index in [1.54, 1.807) is 7.05 Å². The molecule has 1 N–H and O–H groups in total. The fourth-order valence-electron chi connectivity index (χ4n) is 2.57. The van der Waals surface area contributed by atoms with Gasteiger partial charge in [0.2, 0.25) is 0 Å². The van der Waals surface area contributed by atoms with E-state index in [9.17, 15) is 0 Å². The van der Waals surface area contributed by atoms with Gasteiger partial charge in [0.1, 0.15) is 0 Å². The molecule has 1 aliphatic rings. The first-order chi connectivity index (χ1) is 11.2. The van der Waals surface area contributed by atoms with Gasteiger partial charge >= 0.3 is 0 Å². The standard InChI is InChI=1S/C17H26ClN3O2/c1-19-17(20-9-11-22-13-15-7-5-10-23-15)21(2)12-14-6-3-4-8-16(14)18/h3-4,6,8,15H,5,7,9-13H2,1-2H3,(H,19,20). The normalized spacial score (nSPS) is 18.2. The van der Waals surface area contributed by atoms with Crippen LogP contribution in [0.1, 0.15) is 18.4 Å². The lowest BCUT2D eigenvalue weighted by molar-refractivity contribution is 0.0190. The van der Waals surface area contributed by atoms with Crippen LogP contribution >= 0.6 is 11.6 Å². The molecule has 0 aliphatic carbocycles. The first-order valence-corrected chi connectivity index (χ1v) is 8.43. The van der Waals surface area contributed by atoms with Crippen molar-refractivity contribution < 1.29 is 9.47 Å². The summed E-state index contributed by atoms with van der Waals surface area (Å²) >= 11 is 6.21. The van der Waals surface area contributed by atoms with Crippen LogP contribution in [0.5, 0.6) is 0 Å². The second-order valence-electron chi connectivity index (χ2n) is 5.63. The van der Waals surface area contributed by atoms with Gasteiger partial charge in [-0.2, -0.15) is 0 Å². The van der Waals surface area contributed by atoms with Crippen LogP contribution in [0.25, 0.3) is 0 Å². The minimum Gasteiger partial charge on any atom is -0.377 e. The molecule has 2 rings (SSSR count). The quantitative estimate of drug-likeness (QED) is 0.471. The van der Waals surface area contributed by atoms with Crippen molar-refractivity contribution in [2.45, 2.75) is 25.5 Å². The Labute approximate surface area is 143 Å². The topological polar surface area (TPSA) is 46.1 Å². The predicted molar refractivity (Wildman–Crippen MR) is 94.1 cm³/mol. The van der Waals surface area contributed by atoms with Crippen molar-refractivity contribution in [3.05, 3.63) is 34.9 Å². The van der Waals surface area contributed by atoms with Crippen molar-refractivity contribution in [3.8, 4) is 0 Å². The van der Waals surface area contributed by atoms with E-state index in [4.69, 9.17) is 21.1 Å². The molecular weight excluding hydrogens is 314 g/mol. The summed E-state index contributed by atoms with van der Waals surface area (Å²) in [5, 5.41) is 4.07. The van der Waals surface area contributed by atoms with E-state index < -0.39 is 0 Å². The van der Waals surface area contributed by atoms with Gasteiger partial charge in [-0.05, 0) is 24.5 Å². The molecule has 0 bridgehead atoms. The number of benzene rings is 1. The molecule has 1 heterocycles. The maximum atomic E-state index is 6.21. The smallest absolute Gasteiger partial charge is 0.193 e. The molecule has 1 aliphatic heterocycles. The molecule has 128 valence electrons. The molecule has 5 nitrogen and oxygen atoms in total. The monoisotopic (exact) mass is 339 g/mol. The third kappa shape index (κ3) is 6.01. The summed E-state index contributed by atoms with van der Waals surface area (Å²) < 4.78 is 11.2. The average molecular weight is 340 g/mol. The first kappa shape index (κ1) is 18.0. The van der Waals surface area contributed by atoms with Crippen LogP contribution in [-0.2, 0) is 16.0 Å². The number of hydrogen-bond donors (Lipinski definition) is 1. The van der Waals surface area contributed by atoms with Crippen LogP contribution in [0.2, 0.25) is 5.02 Å². The fraction of sp³-hybridized carbons (Fsp3) is 0.588. The zero-order chi connectivity index (χ0) is 16.5. The highest BCUT2D eigenvalue weighted by Crippen LogP contribution is 2.16. The molecule has 1 aromatic carbocycles. The molecule has 0 saturated carbocycles. The van der Waals surface area contributed by atoms with Gasteiger partial charge in [0.25, 0.3) is 0 Å². The molecule has 1 aromatic rings. The molecule has 0 aromatic heterocycles. The number of rotatable bonds is 7. The summed E-state index contributed by atoms with van der Waals surface area (Å²) in [6, 6.07) is 7.85. The van der Waals surface area contributed by atoms with Gasteiger partial charge in [0.05, 0.1) is 19.3 Å². The molecule has 1 unspecified atom stereocenters. The Morgan fingerprint density at radius 3 is 3.00 bits per heavy atom. The van der Waals surface area contributed by atoms with Crippen LogP contribution in [0, 0.1) is 0 Å². The van der Waals surface area contributed by atoms with Crippen molar-refractivity contribution >= 4 is 17.6 Å². The maximum Gasteiger partial charge on any atom is 0.193 e. The van der Waals surface area contributed by atoms with Crippen LogP contribution in [-0.4, -0.2) is 57.4 Å². The summed E-state index contributed by atoms with van der Waals surface area (Å²) in [6.07, 6.45) is 2.53. The molecule has 0 amide bonds. The molecule has 1 fully saturated rings.